The van der Waals surface area contributed by atoms with E-state index in [9.17, 15) is 31.2 Å². The van der Waals surface area contributed by atoms with Crippen molar-refractivity contribution in [3.8, 4) is 0 Å². The Morgan fingerprint density at radius 2 is 1.76 bits per heavy atom. The lowest BCUT2D eigenvalue weighted by Gasteiger charge is -2.24. The highest BCUT2D eigenvalue weighted by atomic mass is 35.5. The molecule has 0 radical (unpaired) electrons. The molecular formula is C21H21ClF3N3O4S. The topological polar surface area (TPSA) is 86.8 Å². The van der Waals surface area contributed by atoms with Gasteiger partial charge in [0.1, 0.15) is 6.54 Å². The van der Waals surface area contributed by atoms with Crippen molar-refractivity contribution in [3.63, 3.8) is 0 Å². The summed E-state index contributed by atoms with van der Waals surface area (Å²) in [7, 11) is -4.18. The third-order valence-electron chi connectivity index (χ3n) is 5.05. The highest BCUT2D eigenvalue weighted by molar-refractivity contribution is 7.92. The SMILES string of the molecule is CS(=O)(=O)N(CC(=O)Nc1ccccc1C(=O)N1CCCC1)c1cc(C(F)(F)F)ccc1Cl. The molecule has 3 rings (SSSR count). The van der Waals surface area contributed by atoms with E-state index in [1.54, 1.807) is 17.0 Å². The lowest BCUT2D eigenvalue weighted by molar-refractivity contribution is -0.137. The molecule has 0 aliphatic carbocycles. The van der Waals surface area contributed by atoms with Gasteiger partial charge < -0.3 is 10.2 Å². The van der Waals surface area contributed by atoms with Crippen molar-refractivity contribution in [3.05, 3.63) is 58.6 Å². The number of alkyl halides is 3. The minimum atomic E-state index is -4.74. The number of para-hydroxylation sites is 1. The molecule has 0 aromatic heterocycles. The molecule has 0 spiro atoms. The fourth-order valence-corrected chi connectivity index (χ4v) is 4.58. The normalized spacial score (nSPS) is 14.3. The molecule has 1 N–H and O–H groups in total. The van der Waals surface area contributed by atoms with Crippen LogP contribution in [0.5, 0.6) is 0 Å². The van der Waals surface area contributed by atoms with Gasteiger partial charge in [0.15, 0.2) is 0 Å². The van der Waals surface area contributed by atoms with E-state index in [4.69, 9.17) is 11.6 Å². The van der Waals surface area contributed by atoms with E-state index in [-0.39, 0.29) is 22.2 Å². The van der Waals surface area contributed by atoms with Gasteiger partial charge in [-0.25, -0.2) is 8.42 Å². The Balaban J connectivity index is 1.87. The summed E-state index contributed by atoms with van der Waals surface area (Å²) in [5, 5.41) is 2.22. The molecule has 1 aliphatic heterocycles. The Bertz CT molecular complexity index is 1170. The smallest absolute Gasteiger partial charge is 0.339 e. The number of nitrogens with one attached hydrogen (secondary N) is 1. The molecule has 2 aromatic rings. The first-order valence-corrected chi connectivity index (χ1v) is 12.1. The summed E-state index contributed by atoms with van der Waals surface area (Å²) in [6.07, 6.45) is -2.23. The number of carbonyl (C=O) groups is 2. The van der Waals surface area contributed by atoms with Crippen LogP contribution in [0, 0.1) is 0 Å². The van der Waals surface area contributed by atoms with Gasteiger partial charge in [-0.3, -0.25) is 13.9 Å². The summed E-state index contributed by atoms with van der Waals surface area (Å²) in [5.74, 6) is -1.13. The van der Waals surface area contributed by atoms with Crippen LogP contribution in [0.2, 0.25) is 5.02 Å². The molecule has 7 nitrogen and oxygen atoms in total. The zero-order valence-electron chi connectivity index (χ0n) is 17.5. The van der Waals surface area contributed by atoms with E-state index in [0.717, 1.165) is 25.2 Å². The lowest BCUT2D eigenvalue weighted by Crippen LogP contribution is -2.38. The monoisotopic (exact) mass is 503 g/mol. The second-order valence-corrected chi connectivity index (χ2v) is 9.84. The van der Waals surface area contributed by atoms with E-state index < -0.39 is 39.9 Å². The van der Waals surface area contributed by atoms with Crippen molar-refractivity contribution >= 4 is 44.8 Å². The number of halogens is 4. The van der Waals surface area contributed by atoms with Crippen LogP contribution in [-0.2, 0) is 21.0 Å². The van der Waals surface area contributed by atoms with Crippen LogP contribution in [0.25, 0.3) is 0 Å². The largest absolute Gasteiger partial charge is 0.416 e. The van der Waals surface area contributed by atoms with Crippen molar-refractivity contribution in [2.45, 2.75) is 19.0 Å². The second kappa shape index (κ2) is 9.60. The first kappa shape index (κ1) is 24.8. The Morgan fingerprint density at radius 1 is 1.12 bits per heavy atom. The number of carbonyl (C=O) groups excluding carboxylic acids is 2. The minimum absolute atomic E-state index is 0.169. The third-order valence-corrected chi connectivity index (χ3v) is 6.50. The van der Waals surface area contributed by atoms with Gasteiger partial charge >= 0.3 is 6.18 Å². The minimum Gasteiger partial charge on any atom is -0.339 e. The van der Waals surface area contributed by atoms with Crippen molar-refractivity contribution < 1.29 is 31.2 Å². The molecule has 2 aromatic carbocycles. The molecule has 33 heavy (non-hydrogen) atoms. The third kappa shape index (κ3) is 5.97. The Hall–Kier alpha value is -2.79. The van der Waals surface area contributed by atoms with Gasteiger partial charge in [-0.05, 0) is 43.2 Å². The number of likely N-dealkylation sites (tertiary alicyclic amines) is 1. The average Bonchev–Trinajstić information content (AvgIpc) is 3.26. The maximum Gasteiger partial charge on any atom is 0.416 e. The molecule has 1 saturated heterocycles. The highest BCUT2D eigenvalue weighted by Crippen LogP contribution is 2.36. The van der Waals surface area contributed by atoms with Crippen LogP contribution in [-0.4, -0.2) is 51.0 Å². The van der Waals surface area contributed by atoms with Crippen molar-refractivity contribution in [2.75, 3.05) is 35.5 Å². The molecular weight excluding hydrogens is 483 g/mol. The molecule has 1 heterocycles. The lowest BCUT2D eigenvalue weighted by atomic mass is 10.1. The van der Waals surface area contributed by atoms with Crippen LogP contribution in [0.1, 0.15) is 28.8 Å². The number of rotatable bonds is 6. The molecule has 0 saturated carbocycles. The van der Waals surface area contributed by atoms with Crippen LogP contribution in [0.15, 0.2) is 42.5 Å². The number of anilines is 2. The van der Waals surface area contributed by atoms with Crippen molar-refractivity contribution in [2.24, 2.45) is 0 Å². The number of amides is 2. The quantitative estimate of drug-likeness (QED) is 0.645. The van der Waals surface area contributed by atoms with Gasteiger partial charge in [-0.15, -0.1) is 0 Å². The summed E-state index contributed by atoms with van der Waals surface area (Å²) >= 11 is 5.97. The summed E-state index contributed by atoms with van der Waals surface area (Å²) in [4.78, 5) is 27.1. The van der Waals surface area contributed by atoms with Gasteiger partial charge in [-0.1, -0.05) is 23.7 Å². The van der Waals surface area contributed by atoms with Gasteiger partial charge in [-0.2, -0.15) is 13.2 Å². The number of hydrogen-bond acceptors (Lipinski definition) is 4. The van der Waals surface area contributed by atoms with Crippen molar-refractivity contribution in [1.29, 1.82) is 0 Å². The predicted octanol–water partition coefficient (Wildman–Crippen LogP) is 4.00. The van der Waals surface area contributed by atoms with Crippen LogP contribution >= 0.6 is 11.6 Å². The Labute approximate surface area is 194 Å². The predicted molar refractivity (Wildman–Crippen MR) is 119 cm³/mol. The molecule has 178 valence electrons. The van der Waals surface area contributed by atoms with Gasteiger partial charge in [0.05, 0.1) is 33.8 Å². The maximum absolute atomic E-state index is 13.1. The molecule has 1 fully saturated rings. The number of nitrogens with zero attached hydrogens (tertiary/aromatic N) is 2. The summed E-state index contributed by atoms with van der Waals surface area (Å²) in [5.41, 5.74) is -1.19. The zero-order valence-corrected chi connectivity index (χ0v) is 19.1. The molecule has 12 heteroatoms. The maximum atomic E-state index is 13.1. The summed E-state index contributed by atoms with van der Waals surface area (Å²) in [6.45, 7) is 0.347. The van der Waals surface area contributed by atoms with Crippen LogP contribution < -0.4 is 9.62 Å². The van der Waals surface area contributed by atoms with Gasteiger partial charge in [0.25, 0.3) is 5.91 Å². The Morgan fingerprint density at radius 3 is 2.36 bits per heavy atom. The second-order valence-electron chi connectivity index (χ2n) is 7.53. The van der Waals surface area contributed by atoms with E-state index in [1.165, 1.54) is 12.1 Å². The Kier molecular flexibility index (Phi) is 7.23. The van der Waals surface area contributed by atoms with Gasteiger partial charge in [0.2, 0.25) is 15.9 Å². The first-order valence-electron chi connectivity index (χ1n) is 9.90. The molecule has 0 unspecified atom stereocenters. The van der Waals surface area contributed by atoms with Crippen LogP contribution in [0.3, 0.4) is 0 Å². The fraction of sp³-hybridized carbons (Fsp3) is 0.333. The zero-order chi connectivity index (χ0) is 24.4. The fourth-order valence-electron chi connectivity index (χ4n) is 3.45. The standard InChI is InChI=1S/C21H21ClF3N3O4S/c1-33(31,32)28(18-12-14(21(23,24)25)8-9-16(18)22)13-19(29)26-17-7-3-2-6-15(17)20(30)27-10-4-5-11-27/h2-3,6-9,12H,4-5,10-11,13H2,1H3,(H,26,29). The summed E-state index contributed by atoms with van der Waals surface area (Å²) in [6, 6.07) is 8.45. The molecule has 0 bridgehead atoms. The first-order chi connectivity index (χ1) is 15.4. The van der Waals surface area contributed by atoms with Crippen LogP contribution in [0.4, 0.5) is 24.5 Å². The van der Waals surface area contributed by atoms with E-state index in [2.05, 4.69) is 5.32 Å². The van der Waals surface area contributed by atoms with E-state index in [0.29, 0.717) is 29.5 Å². The van der Waals surface area contributed by atoms with Gasteiger partial charge in [0, 0.05) is 13.1 Å². The van der Waals surface area contributed by atoms with E-state index >= 15 is 0 Å². The summed E-state index contributed by atoms with van der Waals surface area (Å²) < 4.78 is 64.5. The average molecular weight is 504 g/mol. The number of benzene rings is 2. The molecule has 1 aliphatic rings. The number of hydrogen-bond donors (Lipinski definition) is 1. The number of sulfonamides is 1. The van der Waals surface area contributed by atoms with E-state index in [1.807, 2.05) is 0 Å². The molecule has 0 atom stereocenters. The highest BCUT2D eigenvalue weighted by Gasteiger charge is 2.33. The molecule has 2 amide bonds. The van der Waals surface area contributed by atoms with Crippen molar-refractivity contribution in [1.82, 2.24) is 4.90 Å².